The Kier molecular flexibility index (Phi) is 3.50. The van der Waals surface area contributed by atoms with Gasteiger partial charge in [0.25, 0.3) is 5.69 Å². The minimum Gasteiger partial charge on any atom is -0.442 e. The van der Waals surface area contributed by atoms with Gasteiger partial charge in [-0.1, -0.05) is 0 Å². The monoisotopic (exact) mass is 269 g/mol. The highest BCUT2D eigenvalue weighted by Crippen LogP contribution is 2.21. The number of rotatable bonds is 4. The Morgan fingerprint density at radius 2 is 2.37 bits per heavy atom. The van der Waals surface area contributed by atoms with Gasteiger partial charge in [-0.25, -0.2) is 9.18 Å². The van der Waals surface area contributed by atoms with E-state index >= 15 is 0 Å². The molecular formula is C11H12FN3O4. The summed E-state index contributed by atoms with van der Waals surface area (Å²) in [4.78, 5) is 22.3. The average molecular weight is 269 g/mol. The lowest BCUT2D eigenvalue weighted by molar-refractivity contribution is -0.385. The Bertz CT molecular complexity index is 523. The number of nitro groups is 1. The zero-order chi connectivity index (χ0) is 14.0. The van der Waals surface area contributed by atoms with Crippen LogP contribution in [0.5, 0.6) is 0 Å². The van der Waals surface area contributed by atoms with Gasteiger partial charge in [0, 0.05) is 13.1 Å². The molecule has 0 bridgehead atoms. The molecule has 0 unspecified atom stereocenters. The van der Waals surface area contributed by atoms with Crippen LogP contribution >= 0.6 is 0 Å². The molecule has 1 heterocycles. The molecular weight excluding hydrogens is 257 g/mol. The predicted molar refractivity (Wildman–Crippen MR) is 64.4 cm³/mol. The van der Waals surface area contributed by atoms with Crippen LogP contribution in [0.2, 0.25) is 0 Å². The normalized spacial score (nSPS) is 18.3. The lowest BCUT2D eigenvalue weighted by Gasteiger charge is -2.11. The zero-order valence-electron chi connectivity index (χ0n) is 10.1. The molecule has 7 nitrogen and oxygen atoms in total. The molecule has 0 aliphatic carbocycles. The molecule has 0 saturated carbocycles. The van der Waals surface area contributed by atoms with Crippen molar-refractivity contribution in [3.05, 3.63) is 34.1 Å². The highest BCUT2D eigenvalue weighted by Gasteiger charge is 2.28. The predicted octanol–water partition coefficient (Wildman–Crippen LogP) is 1.60. The van der Waals surface area contributed by atoms with E-state index in [2.05, 4.69) is 5.32 Å². The molecule has 0 radical (unpaired) electrons. The SMILES string of the molecule is CN1C[C@H](CNc2ccc([N+](=O)[O-])cc2F)OC1=O. The Morgan fingerprint density at radius 3 is 2.89 bits per heavy atom. The minimum absolute atomic E-state index is 0.135. The average Bonchev–Trinajstić information content (AvgIpc) is 2.67. The lowest BCUT2D eigenvalue weighted by atomic mass is 10.2. The molecule has 8 heteroatoms. The molecule has 1 aromatic rings. The number of nitro benzene ring substituents is 1. The molecule has 0 aromatic heterocycles. The molecule has 1 fully saturated rings. The first kappa shape index (κ1) is 13.1. The van der Waals surface area contributed by atoms with E-state index in [4.69, 9.17) is 4.74 Å². The fourth-order valence-corrected chi connectivity index (χ4v) is 1.74. The molecule has 1 saturated heterocycles. The first-order valence-corrected chi connectivity index (χ1v) is 5.57. The summed E-state index contributed by atoms with van der Waals surface area (Å²) >= 11 is 0. The third-order valence-corrected chi connectivity index (χ3v) is 2.74. The number of anilines is 1. The summed E-state index contributed by atoms with van der Waals surface area (Å²) in [5.74, 6) is -0.716. The Morgan fingerprint density at radius 1 is 1.63 bits per heavy atom. The van der Waals surface area contributed by atoms with Gasteiger partial charge < -0.3 is 15.0 Å². The molecule has 1 amide bonds. The Hall–Kier alpha value is -2.38. The highest BCUT2D eigenvalue weighted by atomic mass is 19.1. The molecule has 1 N–H and O–H groups in total. The molecule has 102 valence electrons. The van der Waals surface area contributed by atoms with Gasteiger partial charge >= 0.3 is 6.09 Å². The van der Waals surface area contributed by atoms with Crippen molar-refractivity contribution >= 4 is 17.5 Å². The van der Waals surface area contributed by atoms with Crippen molar-refractivity contribution < 1.29 is 18.8 Å². The fraction of sp³-hybridized carbons (Fsp3) is 0.364. The highest BCUT2D eigenvalue weighted by molar-refractivity contribution is 5.69. The van der Waals surface area contributed by atoms with E-state index in [9.17, 15) is 19.3 Å². The smallest absolute Gasteiger partial charge is 0.410 e. The zero-order valence-corrected chi connectivity index (χ0v) is 10.1. The summed E-state index contributed by atoms with van der Waals surface area (Å²) in [7, 11) is 1.61. The number of nitrogens with zero attached hydrogens (tertiary/aromatic N) is 2. The largest absolute Gasteiger partial charge is 0.442 e. The van der Waals surface area contributed by atoms with Crippen molar-refractivity contribution in [1.82, 2.24) is 4.90 Å². The number of hydrogen-bond acceptors (Lipinski definition) is 5. The third-order valence-electron chi connectivity index (χ3n) is 2.74. The van der Waals surface area contributed by atoms with E-state index in [0.29, 0.717) is 6.54 Å². The number of hydrogen-bond donors (Lipinski definition) is 1. The molecule has 1 aromatic carbocycles. The molecule has 1 aliphatic rings. The summed E-state index contributed by atoms with van der Waals surface area (Å²) in [5, 5.41) is 13.2. The van der Waals surface area contributed by atoms with Gasteiger partial charge in [0.1, 0.15) is 6.10 Å². The maximum absolute atomic E-state index is 13.6. The molecule has 0 spiro atoms. The number of halogens is 1. The summed E-state index contributed by atoms with van der Waals surface area (Å²) < 4.78 is 18.5. The van der Waals surface area contributed by atoms with Crippen molar-refractivity contribution in [1.29, 1.82) is 0 Å². The fourth-order valence-electron chi connectivity index (χ4n) is 1.74. The number of cyclic esters (lactones) is 1. The number of likely N-dealkylation sites (N-methyl/N-ethyl adjacent to an activating group) is 1. The van der Waals surface area contributed by atoms with Crippen molar-refractivity contribution in [3.8, 4) is 0 Å². The molecule has 1 atom stereocenters. The first-order chi connectivity index (χ1) is 8.97. The van der Waals surface area contributed by atoms with E-state index in [0.717, 1.165) is 6.07 Å². The summed E-state index contributed by atoms with van der Waals surface area (Å²) in [6.07, 6.45) is -0.789. The van der Waals surface area contributed by atoms with E-state index in [-0.39, 0.29) is 24.0 Å². The van der Waals surface area contributed by atoms with E-state index < -0.39 is 16.8 Å². The van der Waals surface area contributed by atoms with E-state index in [1.165, 1.54) is 17.0 Å². The van der Waals surface area contributed by atoms with Crippen LogP contribution in [0, 0.1) is 15.9 Å². The molecule has 1 aliphatic heterocycles. The van der Waals surface area contributed by atoms with Crippen LogP contribution < -0.4 is 5.32 Å². The number of ether oxygens (including phenoxy) is 1. The minimum atomic E-state index is -0.716. The van der Waals surface area contributed by atoms with Crippen molar-refractivity contribution in [2.24, 2.45) is 0 Å². The molecule has 19 heavy (non-hydrogen) atoms. The van der Waals surface area contributed by atoms with Crippen LogP contribution in [0.25, 0.3) is 0 Å². The van der Waals surface area contributed by atoms with Crippen LogP contribution in [0.1, 0.15) is 0 Å². The quantitative estimate of drug-likeness (QED) is 0.662. The number of non-ortho nitro benzene ring substituents is 1. The Balaban J connectivity index is 1.97. The van der Waals surface area contributed by atoms with Crippen LogP contribution in [-0.4, -0.2) is 42.2 Å². The van der Waals surface area contributed by atoms with Crippen molar-refractivity contribution in [3.63, 3.8) is 0 Å². The molecule has 2 rings (SSSR count). The van der Waals surface area contributed by atoms with Crippen LogP contribution in [-0.2, 0) is 4.74 Å². The standard InChI is InChI=1S/C11H12FN3O4/c1-14-6-8(19-11(14)16)5-13-10-3-2-7(15(17)18)4-9(10)12/h2-4,8,13H,5-6H2,1H3/t8-/m0/s1. The van der Waals surface area contributed by atoms with Crippen LogP contribution in [0.3, 0.4) is 0 Å². The summed E-state index contributed by atoms with van der Waals surface area (Å²) in [6, 6.07) is 3.33. The van der Waals surface area contributed by atoms with Crippen LogP contribution in [0.15, 0.2) is 18.2 Å². The van der Waals surface area contributed by atoms with E-state index in [1.54, 1.807) is 7.05 Å². The maximum atomic E-state index is 13.6. The Labute approximate surface area is 108 Å². The summed E-state index contributed by atoms with van der Waals surface area (Å²) in [6.45, 7) is 0.658. The number of carbonyl (C=O) groups excluding carboxylic acids is 1. The lowest BCUT2D eigenvalue weighted by Crippen LogP contribution is -2.24. The number of carbonyl (C=O) groups is 1. The maximum Gasteiger partial charge on any atom is 0.410 e. The number of benzene rings is 1. The van der Waals surface area contributed by atoms with Gasteiger partial charge in [0.05, 0.1) is 29.8 Å². The van der Waals surface area contributed by atoms with Gasteiger partial charge in [0.15, 0.2) is 5.82 Å². The van der Waals surface area contributed by atoms with Crippen LogP contribution in [0.4, 0.5) is 20.6 Å². The van der Waals surface area contributed by atoms with Gasteiger partial charge in [-0.2, -0.15) is 0 Å². The van der Waals surface area contributed by atoms with E-state index in [1.807, 2.05) is 0 Å². The topological polar surface area (TPSA) is 84.7 Å². The summed E-state index contributed by atoms with van der Waals surface area (Å²) in [5.41, 5.74) is -0.175. The van der Waals surface area contributed by atoms with Gasteiger partial charge in [-0.15, -0.1) is 0 Å². The number of nitrogens with one attached hydrogen (secondary N) is 1. The third kappa shape index (κ3) is 2.90. The second-order valence-electron chi connectivity index (χ2n) is 4.19. The van der Waals surface area contributed by atoms with Crippen molar-refractivity contribution in [2.45, 2.75) is 6.10 Å². The van der Waals surface area contributed by atoms with Gasteiger partial charge in [-0.3, -0.25) is 10.1 Å². The second-order valence-corrected chi connectivity index (χ2v) is 4.19. The van der Waals surface area contributed by atoms with Gasteiger partial charge in [0.2, 0.25) is 0 Å². The second kappa shape index (κ2) is 5.09. The first-order valence-electron chi connectivity index (χ1n) is 5.57. The van der Waals surface area contributed by atoms with Crippen molar-refractivity contribution in [2.75, 3.05) is 25.5 Å². The van der Waals surface area contributed by atoms with Gasteiger partial charge in [-0.05, 0) is 6.07 Å². The number of amides is 1.